The molecule has 0 radical (unpaired) electrons. The van der Waals surface area contributed by atoms with E-state index < -0.39 is 19.1 Å². The first kappa shape index (κ1) is 12.1. The summed E-state index contributed by atoms with van der Waals surface area (Å²) in [6.45, 7) is 0.0423. The van der Waals surface area contributed by atoms with Crippen LogP contribution in [-0.4, -0.2) is 33.7 Å². The minimum absolute atomic E-state index is 0.276. The van der Waals surface area contributed by atoms with E-state index in [1.165, 1.54) is 0 Å². The van der Waals surface area contributed by atoms with E-state index in [1.54, 1.807) is 30.9 Å². The van der Waals surface area contributed by atoms with Gasteiger partial charge in [0.25, 0.3) is 5.92 Å². The molecule has 86 valence electrons. The lowest BCUT2D eigenvalue weighted by atomic mass is 10.3. The zero-order chi connectivity index (χ0) is 11.5. The Kier molecular flexibility index (Phi) is 3.76. The van der Waals surface area contributed by atoms with Crippen molar-refractivity contribution in [2.24, 2.45) is 7.05 Å². The fourth-order valence-electron chi connectivity index (χ4n) is 1.24. The number of nitrogens with one attached hydrogen (secondary N) is 1. The van der Waals surface area contributed by atoms with Crippen LogP contribution < -0.4 is 5.32 Å². The number of hydrogen-bond donors (Lipinski definition) is 2. The van der Waals surface area contributed by atoms with Crippen molar-refractivity contribution in [1.29, 1.82) is 0 Å². The molecule has 15 heavy (non-hydrogen) atoms. The van der Waals surface area contributed by atoms with Crippen LogP contribution in [0.15, 0.2) is 12.4 Å². The van der Waals surface area contributed by atoms with Crippen molar-refractivity contribution < 1.29 is 13.9 Å². The van der Waals surface area contributed by atoms with E-state index in [4.69, 9.17) is 5.11 Å². The Hall–Kier alpha value is -1.01. The molecule has 1 aromatic rings. The Bertz CT molecular complexity index is 314. The molecule has 4 nitrogen and oxygen atoms in total. The zero-order valence-electron chi connectivity index (χ0n) is 8.74. The average Bonchev–Trinajstić information content (AvgIpc) is 2.61. The predicted molar refractivity (Wildman–Crippen MR) is 51.7 cm³/mol. The highest BCUT2D eigenvalue weighted by Gasteiger charge is 2.28. The summed E-state index contributed by atoms with van der Waals surface area (Å²) in [7, 11) is 1.80. The molecule has 2 N–H and O–H groups in total. The highest BCUT2D eigenvalue weighted by atomic mass is 19.3. The van der Waals surface area contributed by atoms with Crippen molar-refractivity contribution in [3.8, 4) is 0 Å². The fraction of sp³-hybridized carbons (Fsp3) is 0.667. The molecule has 0 saturated carbocycles. The summed E-state index contributed by atoms with van der Waals surface area (Å²) < 4.78 is 27.2. The number of aryl methyl sites for hydroxylation is 1. The van der Waals surface area contributed by atoms with E-state index in [9.17, 15) is 8.78 Å². The Morgan fingerprint density at radius 1 is 1.67 bits per heavy atom. The van der Waals surface area contributed by atoms with Gasteiger partial charge < -0.3 is 15.0 Å². The largest absolute Gasteiger partial charge is 0.390 e. The Labute approximate surface area is 86.9 Å². The quantitative estimate of drug-likeness (QED) is 0.766. The number of imidazole rings is 1. The summed E-state index contributed by atoms with van der Waals surface area (Å²) in [4.78, 5) is 4.04. The summed E-state index contributed by atoms with van der Waals surface area (Å²) in [6, 6.07) is -0.276. The molecule has 1 heterocycles. The van der Waals surface area contributed by atoms with E-state index in [0.29, 0.717) is 5.82 Å². The van der Waals surface area contributed by atoms with Crippen molar-refractivity contribution in [2.45, 2.75) is 18.9 Å². The summed E-state index contributed by atoms with van der Waals surface area (Å²) in [5, 5.41) is 11.0. The maximum Gasteiger partial charge on any atom is 0.282 e. The molecule has 0 saturated heterocycles. The van der Waals surface area contributed by atoms with Crippen LogP contribution >= 0.6 is 0 Å². The topological polar surface area (TPSA) is 50.1 Å². The van der Waals surface area contributed by atoms with E-state index >= 15 is 0 Å². The first-order valence-corrected chi connectivity index (χ1v) is 4.65. The monoisotopic (exact) mass is 219 g/mol. The van der Waals surface area contributed by atoms with Gasteiger partial charge in [-0.05, 0) is 6.92 Å². The van der Waals surface area contributed by atoms with E-state index in [0.717, 1.165) is 0 Å². The normalized spacial score (nSPS) is 14.2. The van der Waals surface area contributed by atoms with Gasteiger partial charge in [0.2, 0.25) is 0 Å². The number of halogens is 2. The summed E-state index contributed by atoms with van der Waals surface area (Å²) >= 11 is 0. The number of aliphatic hydroxyl groups excluding tert-OH is 1. The molecule has 0 fully saturated rings. The zero-order valence-corrected chi connectivity index (χ0v) is 8.74. The first-order valence-electron chi connectivity index (χ1n) is 4.65. The lowest BCUT2D eigenvalue weighted by Crippen LogP contribution is -2.37. The van der Waals surface area contributed by atoms with Gasteiger partial charge in [-0.3, -0.25) is 0 Å². The molecule has 0 aliphatic carbocycles. The second-order valence-electron chi connectivity index (χ2n) is 3.51. The van der Waals surface area contributed by atoms with E-state index in [1.807, 2.05) is 0 Å². The van der Waals surface area contributed by atoms with Gasteiger partial charge in [-0.2, -0.15) is 0 Å². The van der Waals surface area contributed by atoms with Crippen LogP contribution in [0.1, 0.15) is 18.8 Å². The van der Waals surface area contributed by atoms with Crippen LogP contribution in [0.25, 0.3) is 0 Å². The lowest BCUT2D eigenvalue weighted by Gasteiger charge is -2.18. The SMILES string of the molecule is CC(NCC(F)(F)CO)c1nccn1C. The maximum atomic E-state index is 12.7. The fourth-order valence-corrected chi connectivity index (χ4v) is 1.24. The molecule has 0 aromatic carbocycles. The molecule has 0 amide bonds. The molecule has 1 unspecified atom stereocenters. The Morgan fingerprint density at radius 3 is 2.80 bits per heavy atom. The van der Waals surface area contributed by atoms with Crippen LogP contribution in [-0.2, 0) is 7.05 Å². The maximum absolute atomic E-state index is 12.7. The summed E-state index contributed by atoms with van der Waals surface area (Å²) in [5.41, 5.74) is 0. The standard InChI is InChI=1S/C9H15F2N3O/c1-7(8-12-3-4-14(8)2)13-5-9(10,11)6-15/h3-4,7,13,15H,5-6H2,1-2H3. The molecule has 1 rings (SSSR count). The molecule has 1 atom stereocenters. The van der Waals surface area contributed by atoms with Crippen LogP contribution in [0.3, 0.4) is 0 Å². The van der Waals surface area contributed by atoms with Crippen molar-refractivity contribution >= 4 is 0 Å². The third-order valence-electron chi connectivity index (χ3n) is 2.14. The third-order valence-corrected chi connectivity index (χ3v) is 2.14. The first-order chi connectivity index (χ1) is 6.96. The summed E-state index contributed by atoms with van der Waals surface area (Å²) in [6.07, 6.45) is 3.36. The molecular weight excluding hydrogens is 204 g/mol. The second-order valence-corrected chi connectivity index (χ2v) is 3.51. The van der Waals surface area contributed by atoms with Gasteiger partial charge in [0.1, 0.15) is 12.4 Å². The van der Waals surface area contributed by atoms with Crippen molar-refractivity contribution in [3.05, 3.63) is 18.2 Å². The number of alkyl halides is 2. The molecule has 6 heteroatoms. The van der Waals surface area contributed by atoms with E-state index in [2.05, 4.69) is 10.3 Å². The molecular formula is C9H15F2N3O. The highest BCUT2D eigenvalue weighted by molar-refractivity contribution is 4.97. The minimum atomic E-state index is -3.08. The minimum Gasteiger partial charge on any atom is -0.390 e. The average molecular weight is 219 g/mol. The molecule has 0 bridgehead atoms. The van der Waals surface area contributed by atoms with Crippen molar-refractivity contribution in [1.82, 2.24) is 14.9 Å². The molecule has 1 aromatic heterocycles. The smallest absolute Gasteiger partial charge is 0.282 e. The van der Waals surface area contributed by atoms with E-state index in [-0.39, 0.29) is 6.04 Å². The molecule has 0 aliphatic heterocycles. The number of hydrogen-bond acceptors (Lipinski definition) is 3. The molecule has 0 aliphatic rings. The number of aliphatic hydroxyl groups is 1. The second kappa shape index (κ2) is 4.67. The molecule has 0 spiro atoms. The number of nitrogens with zero attached hydrogens (tertiary/aromatic N) is 2. The third kappa shape index (κ3) is 3.24. The van der Waals surface area contributed by atoms with Gasteiger partial charge in [-0.15, -0.1) is 0 Å². The Balaban J connectivity index is 2.50. The van der Waals surface area contributed by atoms with Crippen LogP contribution in [0, 0.1) is 0 Å². The Morgan fingerprint density at radius 2 is 2.33 bits per heavy atom. The number of aromatic nitrogens is 2. The van der Waals surface area contributed by atoms with Gasteiger partial charge in [-0.25, -0.2) is 13.8 Å². The lowest BCUT2D eigenvalue weighted by molar-refractivity contribution is -0.0492. The van der Waals surface area contributed by atoms with Crippen molar-refractivity contribution in [2.75, 3.05) is 13.2 Å². The van der Waals surface area contributed by atoms with Crippen LogP contribution in [0.4, 0.5) is 8.78 Å². The van der Waals surface area contributed by atoms with Gasteiger partial charge >= 0.3 is 0 Å². The highest BCUT2D eigenvalue weighted by Crippen LogP contribution is 2.14. The van der Waals surface area contributed by atoms with Crippen molar-refractivity contribution in [3.63, 3.8) is 0 Å². The van der Waals surface area contributed by atoms with Gasteiger partial charge in [0, 0.05) is 19.4 Å². The van der Waals surface area contributed by atoms with Gasteiger partial charge in [0.15, 0.2) is 0 Å². The van der Waals surface area contributed by atoms with Crippen LogP contribution in [0.2, 0.25) is 0 Å². The predicted octanol–water partition coefficient (Wildman–Crippen LogP) is 0.698. The van der Waals surface area contributed by atoms with Gasteiger partial charge in [0.05, 0.1) is 12.6 Å². The van der Waals surface area contributed by atoms with Gasteiger partial charge in [-0.1, -0.05) is 0 Å². The van der Waals surface area contributed by atoms with Crippen LogP contribution in [0.5, 0.6) is 0 Å². The summed E-state index contributed by atoms with van der Waals surface area (Å²) in [5.74, 6) is -2.40. The number of rotatable bonds is 5.